The zero-order chi connectivity index (χ0) is 15.4. The molecule has 0 saturated carbocycles. The molecule has 5 heteroatoms. The van der Waals surface area contributed by atoms with Crippen LogP contribution in [0.3, 0.4) is 0 Å². The zero-order valence-electron chi connectivity index (χ0n) is 12.0. The van der Waals surface area contributed by atoms with Gasteiger partial charge in [-0.15, -0.1) is 0 Å². The van der Waals surface area contributed by atoms with Crippen molar-refractivity contribution in [1.29, 1.82) is 5.26 Å². The molecule has 1 aliphatic rings. The fourth-order valence-corrected chi connectivity index (χ4v) is 2.35. The molecule has 22 heavy (non-hydrogen) atoms. The van der Waals surface area contributed by atoms with Crippen molar-refractivity contribution < 1.29 is 13.5 Å². The molecular formula is C17H15FN2O2. The van der Waals surface area contributed by atoms with Crippen molar-refractivity contribution in [3.63, 3.8) is 0 Å². The van der Waals surface area contributed by atoms with Gasteiger partial charge in [0.05, 0.1) is 24.9 Å². The molecule has 0 radical (unpaired) electrons. The van der Waals surface area contributed by atoms with E-state index >= 15 is 0 Å². The molecule has 0 atom stereocenters. The van der Waals surface area contributed by atoms with E-state index in [9.17, 15) is 9.65 Å². The van der Waals surface area contributed by atoms with Crippen molar-refractivity contribution in [1.82, 2.24) is 0 Å². The SMILES string of the molecule is N#CC(=Cc1ccc(N2CCOCC2)o1)c1cccc(F)c1. The molecule has 1 aliphatic heterocycles. The van der Waals surface area contributed by atoms with Gasteiger partial charge < -0.3 is 14.1 Å². The quantitative estimate of drug-likeness (QED) is 0.816. The highest BCUT2D eigenvalue weighted by atomic mass is 19.1. The van der Waals surface area contributed by atoms with Crippen LogP contribution in [-0.2, 0) is 4.74 Å². The van der Waals surface area contributed by atoms with Crippen molar-refractivity contribution in [2.45, 2.75) is 0 Å². The molecule has 1 aromatic carbocycles. The number of benzene rings is 1. The van der Waals surface area contributed by atoms with Gasteiger partial charge in [-0.1, -0.05) is 12.1 Å². The standard InChI is InChI=1S/C17H15FN2O2/c18-15-3-1-2-13(10-15)14(12-19)11-16-4-5-17(22-16)20-6-8-21-9-7-20/h1-5,10-11H,6-9H2. The largest absolute Gasteiger partial charge is 0.441 e. The zero-order valence-corrected chi connectivity index (χ0v) is 12.0. The van der Waals surface area contributed by atoms with Crippen molar-refractivity contribution >= 4 is 17.5 Å². The Balaban J connectivity index is 1.84. The van der Waals surface area contributed by atoms with E-state index < -0.39 is 0 Å². The normalized spacial score (nSPS) is 15.6. The predicted molar refractivity (Wildman–Crippen MR) is 81.6 cm³/mol. The van der Waals surface area contributed by atoms with Crippen LogP contribution in [0.5, 0.6) is 0 Å². The summed E-state index contributed by atoms with van der Waals surface area (Å²) >= 11 is 0. The minimum Gasteiger partial charge on any atom is -0.441 e. The monoisotopic (exact) mass is 298 g/mol. The summed E-state index contributed by atoms with van der Waals surface area (Å²) in [6.45, 7) is 2.93. The van der Waals surface area contributed by atoms with Crippen LogP contribution in [0.4, 0.5) is 10.3 Å². The van der Waals surface area contributed by atoms with Gasteiger partial charge in [0, 0.05) is 19.2 Å². The van der Waals surface area contributed by atoms with Crippen LogP contribution in [-0.4, -0.2) is 26.3 Å². The van der Waals surface area contributed by atoms with E-state index in [1.165, 1.54) is 12.1 Å². The maximum absolute atomic E-state index is 13.3. The first kappa shape index (κ1) is 14.4. The predicted octanol–water partition coefficient (Wildman–Crippen LogP) is 3.32. The van der Waals surface area contributed by atoms with Crippen LogP contribution in [0.1, 0.15) is 11.3 Å². The number of anilines is 1. The van der Waals surface area contributed by atoms with E-state index in [-0.39, 0.29) is 5.82 Å². The Morgan fingerprint density at radius 3 is 2.77 bits per heavy atom. The molecule has 2 aromatic rings. The van der Waals surface area contributed by atoms with Gasteiger partial charge >= 0.3 is 0 Å². The Labute approximate surface area is 128 Å². The van der Waals surface area contributed by atoms with Gasteiger partial charge in [0.1, 0.15) is 11.6 Å². The summed E-state index contributed by atoms with van der Waals surface area (Å²) in [5, 5.41) is 9.28. The molecular weight excluding hydrogens is 283 g/mol. The molecule has 0 amide bonds. The van der Waals surface area contributed by atoms with Gasteiger partial charge in [0.25, 0.3) is 0 Å². The Hall–Kier alpha value is -2.58. The summed E-state index contributed by atoms with van der Waals surface area (Å²) in [7, 11) is 0. The lowest BCUT2D eigenvalue weighted by atomic mass is 10.1. The van der Waals surface area contributed by atoms with Gasteiger partial charge in [-0.3, -0.25) is 0 Å². The minimum atomic E-state index is -0.368. The second-order valence-corrected chi connectivity index (χ2v) is 4.96. The first-order valence-corrected chi connectivity index (χ1v) is 7.06. The van der Waals surface area contributed by atoms with Crippen LogP contribution in [0.25, 0.3) is 11.6 Å². The number of nitriles is 1. The number of hydrogen-bond donors (Lipinski definition) is 0. The van der Waals surface area contributed by atoms with Gasteiger partial charge in [0.15, 0.2) is 5.88 Å². The third kappa shape index (κ3) is 3.18. The van der Waals surface area contributed by atoms with Crippen molar-refractivity contribution in [3.05, 3.63) is 53.5 Å². The maximum atomic E-state index is 13.3. The Morgan fingerprint density at radius 2 is 2.05 bits per heavy atom. The molecule has 4 nitrogen and oxygen atoms in total. The second kappa shape index (κ2) is 6.46. The number of hydrogen-bond acceptors (Lipinski definition) is 4. The Kier molecular flexibility index (Phi) is 4.22. The summed E-state index contributed by atoms with van der Waals surface area (Å²) in [6.07, 6.45) is 1.62. The third-order valence-corrected chi connectivity index (χ3v) is 3.48. The van der Waals surface area contributed by atoms with Crippen LogP contribution >= 0.6 is 0 Å². The van der Waals surface area contributed by atoms with E-state index in [1.807, 2.05) is 6.07 Å². The molecule has 1 saturated heterocycles. The van der Waals surface area contributed by atoms with E-state index in [1.54, 1.807) is 24.3 Å². The first-order chi connectivity index (χ1) is 10.8. The Morgan fingerprint density at radius 1 is 1.23 bits per heavy atom. The summed E-state index contributed by atoms with van der Waals surface area (Å²) in [6, 6.07) is 11.7. The van der Waals surface area contributed by atoms with Gasteiger partial charge in [0.2, 0.25) is 0 Å². The number of rotatable bonds is 3. The van der Waals surface area contributed by atoms with E-state index in [0.717, 1.165) is 19.0 Å². The fourth-order valence-electron chi connectivity index (χ4n) is 2.35. The van der Waals surface area contributed by atoms with Crippen LogP contribution < -0.4 is 4.90 Å². The van der Waals surface area contributed by atoms with Crippen molar-refractivity contribution in [2.75, 3.05) is 31.2 Å². The minimum absolute atomic E-state index is 0.363. The first-order valence-electron chi connectivity index (χ1n) is 7.06. The lowest BCUT2D eigenvalue weighted by molar-refractivity contribution is 0.120. The highest BCUT2D eigenvalue weighted by Crippen LogP contribution is 2.24. The highest BCUT2D eigenvalue weighted by molar-refractivity contribution is 5.88. The lowest BCUT2D eigenvalue weighted by Gasteiger charge is -2.26. The summed E-state index contributed by atoms with van der Waals surface area (Å²) in [5.41, 5.74) is 0.897. The average molecular weight is 298 g/mol. The second-order valence-electron chi connectivity index (χ2n) is 4.96. The average Bonchev–Trinajstić information content (AvgIpc) is 3.02. The van der Waals surface area contributed by atoms with Gasteiger partial charge in [-0.2, -0.15) is 5.26 Å². The molecule has 3 rings (SSSR count). The molecule has 0 spiro atoms. The molecule has 1 aromatic heterocycles. The van der Waals surface area contributed by atoms with Gasteiger partial charge in [-0.25, -0.2) is 4.39 Å². The molecule has 0 aliphatic carbocycles. The molecule has 0 N–H and O–H groups in total. The smallest absolute Gasteiger partial charge is 0.196 e. The molecule has 0 bridgehead atoms. The van der Waals surface area contributed by atoms with Crippen LogP contribution in [0.2, 0.25) is 0 Å². The molecule has 2 heterocycles. The number of morpholine rings is 1. The molecule has 0 unspecified atom stereocenters. The molecule has 112 valence electrons. The number of allylic oxidation sites excluding steroid dienone is 1. The number of nitrogens with zero attached hydrogens (tertiary/aromatic N) is 2. The molecule has 1 fully saturated rings. The topological polar surface area (TPSA) is 49.4 Å². The van der Waals surface area contributed by atoms with Crippen LogP contribution in [0.15, 0.2) is 40.8 Å². The van der Waals surface area contributed by atoms with E-state index in [0.29, 0.717) is 30.1 Å². The van der Waals surface area contributed by atoms with Crippen LogP contribution in [0, 0.1) is 17.1 Å². The number of halogens is 1. The van der Waals surface area contributed by atoms with E-state index in [2.05, 4.69) is 11.0 Å². The number of ether oxygens (including phenoxy) is 1. The summed E-state index contributed by atoms with van der Waals surface area (Å²) in [5.74, 6) is 0.959. The van der Waals surface area contributed by atoms with Crippen molar-refractivity contribution in [2.24, 2.45) is 0 Å². The van der Waals surface area contributed by atoms with Crippen molar-refractivity contribution in [3.8, 4) is 6.07 Å². The lowest BCUT2D eigenvalue weighted by Crippen LogP contribution is -2.35. The summed E-state index contributed by atoms with van der Waals surface area (Å²) < 4.78 is 24.3. The van der Waals surface area contributed by atoms with E-state index in [4.69, 9.17) is 9.15 Å². The summed E-state index contributed by atoms with van der Waals surface area (Å²) in [4.78, 5) is 2.09. The highest BCUT2D eigenvalue weighted by Gasteiger charge is 2.14. The fraction of sp³-hybridized carbons (Fsp3) is 0.235. The Bertz CT molecular complexity index is 724. The van der Waals surface area contributed by atoms with Gasteiger partial charge in [-0.05, 0) is 29.8 Å². The number of furan rings is 1. The maximum Gasteiger partial charge on any atom is 0.196 e. The third-order valence-electron chi connectivity index (χ3n) is 3.48.